The van der Waals surface area contributed by atoms with E-state index in [0.717, 1.165) is 12.1 Å². The largest absolute Gasteiger partial charge is 0.416 e. The molecule has 0 aromatic heterocycles. The van der Waals surface area contributed by atoms with Crippen molar-refractivity contribution in [1.29, 1.82) is 0 Å². The fourth-order valence-electron chi connectivity index (χ4n) is 2.57. The molecule has 0 spiro atoms. The van der Waals surface area contributed by atoms with E-state index >= 15 is 0 Å². The Labute approximate surface area is 115 Å². The number of hydrogen-bond donors (Lipinski definition) is 1. The second kappa shape index (κ2) is 5.20. The summed E-state index contributed by atoms with van der Waals surface area (Å²) in [4.78, 5) is 12.3. The Hall–Kier alpha value is -1.36. The van der Waals surface area contributed by atoms with Gasteiger partial charge in [-0.05, 0) is 43.7 Å². The lowest BCUT2D eigenvalue weighted by molar-refractivity contribution is -0.137. The molecular weight excluding hydrogens is 269 g/mol. The third-order valence-electron chi connectivity index (χ3n) is 3.98. The summed E-state index contributed by atoms with van der Waals surface area (Å²) >= 11 is 0. The van der Waals surface area contributed by atoms with E-state index in [2.05, 4.69) is 0 Å². The highest BCUT2D eigenvalue weighted by Gasteiger charge is 2.40. The maximum absolute atomic E-state index is 12.6. The number of carbonyl (C=O) groups is 1. The molecule has 1 aromatic carbocycles. The molecule has 1 fully saturated rings. The lowest BCUT2D eigenvalue weighted by Gasteiger charge is -2.33. The monoisotopic (exact) mass is 286 g/mol. The highest BCUT2D eigenvalue weighted by atomic mass is 19.4. The van der Waals surface area contributed by atoms with Crippen LogP contribution in [0.5, 0.6) is 0 Å². The summed E-state index contributed by atoms with van der Waals surface area (Å²) in [6, 6.07) is 4.26. The van der Waals surface area contributed by atoms with E-state index < -0.39 is 23.1 Å². The SMILES string of the molecule is CC1CCC(O)(C(=O)c2cccc(C(F)(F)F)c2)CC1. The second-order valence-electron chi connectivity index (χ2n) is 5.62. The number of hydrogen-bond acceptors (Lipinski definition) is 2. The van der Waals surface area contributed by atoms with Crippen molar-refractivity contribution in [2.24, 2.45) is 5.92 Å². The summed E-state index contributed by atoms with van der Waals surface area (Å²) in [5, 5.41) is 10.4. The van der Waals surface area contributed by atoms with Gasteiger partial charge < -0.3 is 5.11 Å². The molecule has 1 aromatic rings. The molecule has 0 bridgehead atoms. The van der Waals surface area contributed by atoms with Gasteiger partial charge in [-0.25, -0.2) is 0 Å². The fourth-order valence-corrected chi connectivity index (χ4v) is 2.57. The molecule has 1 aliphatic rings. The van der Waals surface area contributed by atoms with Gasteiger partial charge in [0.05, 0.1) is 5.56 Å². The maximum atomic E-state index is 12.6. The Bertz CT molecular complexity index is 500. The number of carbonyl (C=O) groups excluding carboxylic acids is 1. The van der Waals surface area contributed by atoms with Crippen LogP contribution in [-0.2, 0) is 6.18 Å². The van der Waals surface area contributed by atoms with Crippen molar-refractivity contribution in [3.63, 3.8) is 0 Å². The van der Waals surface area contributed by atoms with Gasteiger partial charge in [-0.3, -0.25) is 4.79 Å². The van der Waals surface area contributed by atoms with Crippen LogP contribution >= 0.6 is 0 Å². The van der Waals surface area contributed by atoms with Crippen molar-refractivity contribution in [2.45, 2.75) is 44.4 Å². The summed E-state index contributed by atoms with van der Waals surface area (Å²) in [7, 11) is 0. The van der Waals surface area contributed by atoms with Crippen LogP contribution in [0.15, 0.2) is 24.3 Å². The van der Waals surface area contributed by atoms with Gasteiger partial charge in [-0.1, -0.05) is 19.1 Å². The lowest BCUT2D eigenvalue weighted by Crippen LogP contribution is -2.42. The molecule has 0 radical (unpaired) electrons. The van der Waals surface area contributed by atoms with Gasteiger partial charge in [-0.2, -0.15) is 13.2 Å². The maximum Gasteiger partial charge on any atom is 0.416 e. The summed E-state index contributed by atoms with van der Waals surface area (Å²) in [5.41, 5.74) is -2.45. The predicted octanol–water partition coefficient (Wildman–Crippen LogP) is 3.83. The minimum atomic E-state index is -4.49. The number of Topliss-reactive ketones (excluding diaryl/α,β-unsaturated/α-hetero) is 1. The van der Waals surface area contributed by atoms with Crippen LogP contribution in [-0.4, -0.2) is 16.5 Å². The van der Waals surface area contributed by atoms with Gasteiger partial charge in [0.25, 0.3) is 0 Å². The third-order valence-corrected chi connectivity index (χ3v) is 3.98. The molecule has 0 heterocycles. The summed E-state index contributed by atoms with van der Waals surface area (Å²) in [6.07, 6.45) is -2.45. The minimum Gasteiger partial charge on any atom is -0.382 e. The average Bonchev–Trinajstić information content (AvgIpc) is 2.41. The highest BCUT2D eigenvalue weighted by molar-refractivity contribution is 6.02. The standard InChI is InChI=1S/C15H17F3O2/c1-10-5-7-14(20,8-6-10)13(19)11-3-2-4-12(9-11)15(16,17)18/h2-4,9-10,20H,5-8H2,1H3. The van der Waals surface area contributed by atoms with Crippen molar-refractivity contribution < 1.29 is 23.1 Å². The number of rotatable bonds is 2. The van der Waals surface area contributed by atoms with Crippen molar-refractivity contribution in [3.05, 3.63) is 35.4 Å². The van der Waals surface area contributed by atoms with Gasteiger partial charge >= 0.3 is 6.18 Å². The van der Waals surface area contributed by atoms with Crippen molar-refractivity contribution in [2.75, 3.05) is 0 Å². The number of aliphatic hydroxyl groups is 1. The lowest BCUT2D eigenvalue weighted by atomic mass is 9.75. The van der Waals surface area contributed by atoms with E-state index in [1.54, 1.807) is 0 Å². The predicted molar refractivity (Wildman–Crippen MR) is 68.4 cm³/mol. The molecule has 0 unspecified atom stereocenters. The first-order chi connectivity index (χ1) is 9.22. The van der Waals surface area contributed by atoms with E-state index in [1.165, 1.54) is 12.1 Å². The summed E-state index contributed by atoms with van der Waals surface area (Å²) < 4.78 is 37.9. The van der Waals surface area contributed by atoms with Crippen LogP contribution in [0.25, 0.3) is 0 Å². The average molecular weight is 286 g/mol. The Morgan fingerprint density at radius 1 is 1.30 bits per heavy atom. The van der Waals surface area contributed by atoms with Crippen LogP contribution in [0.4, 0.5) is 13.2 Å². The molecule has 1 N–H and O–H groups in total. The zero-order chi connectivity index (χ0) is 15.0. The van der Waals surface area contributed by atoms with E-state index in [9.17, 15) is 23.1 Å². The molecule has 0 amide bonds. The topological polar surface area (TPSA) is 37.3 Å². The molecule has 0 atom stereocenters. The molecule has 1 saturated carbocycles. The molecule has 5 heteroatoms. The summed E-state index contributed by atoms with van der Waals surface area (Å²) in [5.74, 6) is -0.167. The Morgan fingerprint density at radius 3 is 2.45 bits per heavy atom. The van der Waals surface area contributed by atoms with E-state index in [4.69, 9.17) is 0 Å². The van der Waals surface area contributed by atoms with Crippen LogP contribution in [0.1, 0.15) is 48.5 Å². The second-order valence-corrected chi connectivity index (χ2v) is 5.62. The molecule has 2 nitrogen and oxygen atoms in total. The molecule has 1 aliphatic carbocycles. The van der Waals surface area contributed by atoms with Crippen LogP contribution in [0, 0.1) is 5.92 Å². The first-order valence-corrected chi connectivity index (χ1v) is 6.67. The minimum absolute atomic E-state index is 0.0723. The molecule has 110 valence electrons. The van der Waals surface area contributed by atoms with E-state index in [-0.39, 0.29) is 5.56 Å². The number of benzene rings is 1. The number of halogens is 3. The Balaban J connectivity index is 2.25. The zero-order valence-electron chi connectivity index (χ0n) is 11.2. The van der Waals surface area contributed by atoms with Gasteiger partial charge in [0, 0.05) is 5.56 Å². The third kappa shape index (κ3) is 3.03. The fraction of sp³-hybridized carbons (Fsp3) is 0.533. The Morgan fingerprint density at radius 2 is 1.90 bits per heavy atom. The molecule has 0 aliphatic heterocycles. The van der Waals surface area contributed by atoms with Gasteiger partial charge in [0.1, 0.15) is 5.60 Å². The summed E-state index contributed by atoms with van der Waals surface area (Å²) in [6.45, 7) is 2.04. The quantitative estimate of drug-likeness (QED) is 0.839. The van der Waals surface area contributed by atoms with Gasteiger partial charge in [-0.15, -0.1) is 0 Å². The van der Waals surface area contributed by atoms with E-state index in [0.29, 0.717) is 31.6 Å². The Kier molecular flexibility index (Phi) is 3.91. The first kappa shape index (κ1) is 15.0. The van der Waals surface area contributed by atoms with Gasteiger partial charge in [0.15, 0.2) is 5.78 Å². The van der Waals surface area contributed by atoms with Crippen molar-refractivity contribution in [3.8, 4) is 0 Å². The number of alkyl halides is 3. The molecule has 2 rings (SSSR count). The van der Waals surface area contributed by atoms with Crippen LogP contribution in [0.2, 0.25) is 0 Å². The highest BCUT2D eigenvalue weighted by Crippen LogP contribution is 2.35. The smallest absolute Gasteiger partial charge is 0.382 e. The van der Waals surface area contributed by atoms with Gasteiger partial charge in [0.2, 0.25) is 0 Å². The first-order valence-electron chi connectivity index (χ1n) is 6.67. The normalized spacial score (nSPS) is 27.4. The molecule has 20 heavy (non-hydrogen) atoms. The number of ketones is 1. The zero-order valence-corrected chi connectivity index (χ0v) is 11.2. The molecular formula is C15H17F3O2. The van der Waals surface area contributed by atoms with Crippen molar-refractivity contribution in [1.82, 2.24) is 0 Å². The van der Waals surface area contributed by atoms with Crippen LogP contribution < -0.4 is 0 Å². The van der Waals surface area contributed by atoms with Crippen molar-refractivity contribution >= 4 is 5.78 Å². The molecule has 0 saturated heterocycles. The van der Waals surface area contributed by atoms with Crippen LogP contribution in [0.3, 0.4) is 0 Å². The van der Waals surface area contributed by atoms with E-state index in [1.807, 2.05) is 6.92 Å².